The van der Waals surface area contributed by atoms with E-state index in [1.807, 2.05) is 0 Å². The lowest BCUT2D eigenvalue weighted by molar-refractivity contribution is -0.148. The summed E-state index contributed by atoms with van der Waals surface area (Å²) in [4.78, 5) is 29.4. The Labute approximate surface area is 213 Å². The second-order valence-corrected chi connectivity index (χ2v) is 8.98. The first kappa shape index (κ1) is 27.2. The van der Waals surface area contributed by atoms with Gasteiger partial charge in [0.05, 0.1) is 17.9 Å². The van der Waals surface area contributed by atoms with Gasteiger partial charge in [0.2, 0.25) is 17.6 Å². The number of carbonyl (C=O) groups excluding carboxylic acids is 2. The summed E-state index contributed by atoms with van der Waals surface area (Å²) in [6, 6.07) is 6.21. The van der Waals surface area contributed by atoms with Gasteiger partial charge >= 0.3 is 6.18 Å². The number of nitrogens with two attached hydrogens (primary N) is 1. The molecule has 2 heterocycles. The molecule has 13 heteroatoms. The van der Waals surface area contributed by atoms with Crippen molar-refractivity contribution in [1.29, 1.82) is 0 Å². The predicted octanol–water partition coefficient (Wildman–Crippen LogP) is 4.25. The maximum absolute atomic E-state index is 14.0. The van der Waals surface area contributed by atoms with E-state index < -0.39 is 41.4 Å². The van der Waals surface area contributed by atoms with E-state index >= 15 is 0 Å². The lowest BCUT2D eigenvalue weighted by Crippen LogP contribution is -2.42. The van der Waals surface area contributed by atoms with Crippen LogP contribution in [0, 0.1) is 17.5 Å². The lowest BCUT2D eigenvalue weighted by atomic mass is 10.0. The van der Waals surface area contributed by atoms with Crippen LogP contribution >= 0.6 is 0 Å². The third-order valence-corrected chi connectivity index (χ3v) is 6.10. The van der Waals surface area contributed by atoms with Crippen molar-refractivity contribution < 1.29 is 35.9 Å². The highest BCUT2D eigenvalue weighted by molar-refractivity contribution is 5.89. The minimum atomic E-state index is -4.73. The van der Waals surface area contributed by atoms with Gasteiger partial charge in [-0.3, -0.25) is 9.59 Å². The second-order valence-electron chi connectivity index (χ2n) is 8.98. The number of imidazole rings is 1. The summed E-state index contributed by atoms with van der Waals surface area (Å²) < 4.78 is 82.8. The van der Waals surface area contributed by atoms with Crippen molar-refractivity contribution in [2.75, 3.05) is 11.9 Å². The maximum atomic E-state index is 14.0. The maximum Gasteiger partial charge on any atom is 0.449 e. The van der Waals surface area contributed by atoms with Gasteiger partial charge in [0.15, 0.2) is 11.6 Å². The highest BCUT2D eigenvalue weighted by atomic mass is 19.4. The van der Waals surface area contributed by atoms with Gasteiger partial charge in [-0.1, -0.05) is 12.1 Å². The van der Waals surface area contributed by atoms with Crippen molar-refractivity contribution in [2.45, 2.75) is 45.1 Å². The topological polar surface area (TPSA) is 93.2 Å². The van der Waals surface area contributed by atoms with E-state index in [1.54, 1.807) is 0 Å². The number of aromatic nitrogens is 2. The van der Waals surface area contributed by atoms with E-state index in [9.17, 15) is 35.9 Å². The first-order valence-corrected chi connectivity index (χ1v) is 11.5. The van der Waals surface area contributed by atoms with E-state index in [1.165, 1.54) is 36.1 Å². The first-order valence-electron chi connectivity index (χ1n) is 11.5. The number of benzene rings is 2. The molecule has 0 bridgehead atoms. The van der Waals surface area contributed by atoms with Crippen LogP contribution in [-0.2, 0) is 35.3 Å². The summed E-state index contributed by atoms with van der Waals surface area (Å²) in [7, 11) is 0. The minimum Gasteiger partial charge on any atom is -0.335 e. The number of carbonyl (C=O) groups is 2. The summed E-state index contributed by atoms with van der Waals surface area (Å²) in [5.41, 5.74) is 6.80. The van der Waals surface area contributed by atoms with Crippen LogP contribution in [0.5, 0.6) is 0 Å². The van der Waals surface area contributed by atoms with Gasteiger partial charge in [-0.25, -0.2) is 18.2 Å². The first-order chi connectivity index (χ1) is 17.8. The molecular weight excluding hydrogens is 516 g/mol. The summed E-state index contributed by atoms with van der Waals surface area (Å²) in [5.74, 6) is -5.49. The molecule has 0 fully saturated rings. The number of anilines is 1. The Hall–Kier alpha value is -3.87. The van der Waals surface area contributed by atoms with Crippen LogP contribution < -0.4 is 11.1 Å². The number of nitrogens with zero attached hydrogens (tertiary/aromatic N) is 3. The van der Waals surface area contributed by atoms with Crippen LogP contribution in [0.2, 0.25) is 0 Å². The Balaban J connectivity index is 1.54. The number of amides is 2. The van der Waals surface area contributed by atoms with Crippen molar-refractivity contribution in [3.05, 3.63) is 70.9 Å². The van der Waals surface area contributed by atoms with Crippen molar-refractivity contribution >= 4 is 17.5 Å². The van der Waals surface area contributed by atoms with E-state index in [0.29, 0.717) is 23.4 Å². The fourth-order valence-corrected chi connectivity index (χ4v) is 4.37. The minimum absolute atomic E-state index is 0.0392. The average Bonchev–Trinajstić information content (AvgIpc) is 3.22. The molecule has 0 saturated heterocycles. The molecule has 1 aromatic heterocycles. The number of halogens is 6. The van der Waals surface area contributed by atoms with Gasteiger partial charge in [0, 0.05) is 49.8 Å². The molecule has 1 aliphatic heterocycles. The van der Waals surface area contributed by atoms with Crippen molar-refractivity contribution in [3.8, 4) is 11.3 Å². The monoisotopic (exact) mass is 539 g/mol. The average molecular weight is 539 g/mol. The van der Waals surface area contributed by atoms with E-state index in [2.05, 4.69) is 10.3 Å². The number of hydrogen-bond donors (Lipinski definition) is 2. The third kappa shape index (κ3) is 5.82. The molecule has 4 rings (SSSR count). The zero-order valence-corrected chi connectivity index (χ0v) is 20.1. The summed E-state index contributed by atoms with van der Waals surface area (Å²) in [6.07, 6.45) is -5.27. The normalized spacial score (nSPS) is 14.3. The van der Waals surface area contributed by atoms with Crippen molar-refractivity contribution in [2.24, 2.45) is 5.73 Å². The Morgan fingerprint density at radius 2 is 1.71 bits per heavy atom. The molecule has 3 N–H and O–H groups in total. The molecule has 0 aliphatic carbocycles. The van der Waals surface area contributed by atoms with E-state index in [-0.39, 0.29) is 55.3 Å². The van der Waals surface area contributed by atoms with Crippen LogP contribution in [-0.4, -0.2) is 38.9 Å². The summed E-state index contributed by atoms with van der Waals surface area (Å²) >= 11 is 0. The number of rotatable bonds is 6. The number of hydrogen-bond acceptors (Lipinski definition) is 4. The summed E-state index contributed by atoms with van der Waals surface area (Å²) in [6.45, 7) is 0.927. The zero-order valence-electron chi connectivity index (χ0n) is 20.1. The van der Waals surface area contributed by atoms with Crippen LogP contribution in [0.25, 0.3) is 11.3 Å². The van der Waals surface area contributed by atoms with Crippen molar-refractivity contribution in [3.63, 3.8) is 0 Å². The van der Waals surface area contributed by atoms with Gasteiger partial charge in [-0.05, 0) is 30.2 Å². The molecule has 0 spiro atoms. The molecular formula is C25H23F6N5O2. The Morgan fingerprint density at radius 3 is 2.34 bits per heavy atom. The highest BCUT2D eigenvalue weighted by Crippen LogP contribution is 2.36. The molecule has 202 valence electrons. The number of nitrogens with one attached hydrogen (secondary N) is 1. The van der Waals surface area contributed by atoms with Gasteiger partial charge < -0.3 is 20.5 Å². The SMILES string of the molecule is CC(=O)Nc1ccc(-c2nc(C(F)(F)F)n3c2CN(C(=O)C[C@H](N)Cc2cc(F)c(F)cc2F)CC3)cc1. The van der Waals surface area contributed by atoms with Crippen LogP contribution in [0.15, 0.2) is 36.4 Å². The van der Waals surface area contributed by atoms with Gasteiger partial charge in [0.1, 0.15) is 5.82 Å². The summed E-state index contributed by atoms with van der Waals surface area (Å²) in [5, 5.41) is 2.57. The quantitative estimate of drug-likeness (QED) is 0.362. The van der Waals surface area contributed by atoms with Gasteiger partial charge in [0.25, 0.3) is 0 Å². The van der Waals surface area contributed by atoms with Crippen molar-refractivity contribution in [1.82, 2.24) is 14.5 Å². The standard InChI is InChI=1S/C25H23F6N5O2/c1-13(37)33-17-4-2-14(3-5-17)23-21-12-35(6-7-36(21)24(34-23)25(29,30)31)22(38)10-16(32)8-15-9-19(27)20(28)11-18(15)26/h2-5,9,11,16H,6-8,10,12,32H2,1H3,(H,33,37)/t16-/m1/s1. The molecule has 0 radical (unpaired) electrons. The zero-order chi connectivity index (χ0) is 27.8. The highest BCUT2D eigenvalue weighted by Gasteiger charge is 2.40. The second kappa shape index (κ2) is 10.5. The number of fused-ring (bicyclic) bond motifs is 1. The third-order valence-electron chi connectivity index (χ3n) is 6.10. The molecule has 0 unspecified atom stereocenters. The molecule has 0 saturated carbocycles. The molecule has 38 heavy (non-hydrogen) atoms. The smallest absolute Gasteiger partial charge is 0.335 e. The Morgan fingerprint density at radius 1 is 1.05 bits per heavy atom. The van der Waals surface area contributed by atoms with Crippen LogP contribution in [0.1, 0.15) is 30.4 Å². The number of alkyl halides is 3. The van der Waals surface area contributed by atoms with E-state index in [4.69, 9.17) is 5.73 Å². The van der Waals surface area contributed by atoms with E-state index in [0.717, 1.165) is 4.57 Å². The molecule has 7 nitrogen and oxygen atoms in total. The molecule has 1 aliphatic rings. The Bertz CT molecular complexity index is 1370. The van der Waals surface area contributed by atoms with Crippen LogP contribution in [0.4, 0.5) is 32.0 Å². The molecule has 2 aromatic carbocycles. The molecule has 1 atom stereocenters. The van der Waals surface area contributed by atoms with Gasteiger partial charge in [-0.2, -0.15) is 13.2 Å². The fraction of sp³-hybridized carbons (Fsp3) is 0.320. The molecule has 2 amide bonds. The van der Waals surface area contributed by atoms with Gasteiger partial charge in [-0.15, -0.1) is 0 Å². The lowest BCUT2D eigenvalue weighted by Gasteiger charge is -2.30. The largest absolute Gasteiger partial charge is 0.449 e. The Kier molecular flexibility index (Phi) is 7.49. The predicted molar refractivity (Wildman–Crippen MR) is 125 cm³/mol. The fourth-order valence-electron chi connectivity index (χ4n) is 4.37. The van der Waals surface area contributed by atoms with Crippen LogP contribution in [0.3, 0.4) is 0 Å². The molecule has 3 aromatic rings.